The minimum absolute atomic E-state index is 0. The molecule has 0 aliphatic carbocycles. The summed E-state index contributed by atoms with van der Waals surface area (Å²) in [7, 11) is 0. The molecule has 0 aliphatic heterocycles. The van der Waals surface area contributed by atoms with E-state index in [0.717, 1.165) is 77.0 Å². The van der Waals surface area contributed by atoms with E-state index in [2.05, 4.69) is 57.2 Å². The van der Waals surface area contributed by atoms with Crippen molar-refractivity contribution in [1.82, 2.24) is 0 Å². The van der Waals surface area contributed by atoms with Crippen molar-refractivity contribution in [2.75, 3.05) is 0 Å². The molecule has 486 valence electrons. The minimum atomic E-state index is -1.41. The molecule has 0 saturated carbocycles. The molecule has 0 rings (SSSR count). The van der Waals surface area contributed by atoms with Crippen molar-refractivity contribution in [3.8, 4) is 0 Å². The smallest absolute Gasteiger partial charge is 0.550 e. The third-order valence-corrected chi connectivity index (χ3v) is 15.6. The molecule has 0 amide bonds. The normalized spacial score (nSPS) is 12.2. The van der Waals surface area contributed by atoms with Crippen LogP contribution < -0.4 is 15.3 Å². The van der Waals surface area contributed by atoms with Crippen LogP contribution in [0.4, 0.5) is 0 Å². The van der Waals surface area contributed by atoms with E-state index in [1.165, 1.54) is 213 Å². The number of carbonyl (C=O) groups excluding carboxylic acids is 9. The van der Waals surface area contributed by atoms with E-state index in [-0.39, 0.29) is 34.7 Å². The number of carbonyl (C=O) groups is 9. The topological polar surface area (TPSA) is 223 Å². The van der Waals surface area contributed by atoms with Gasteiger partial charge in [-0.2, -0.15) is 0 Å². The zero-order valence-electron chi connectivity index (χ0n) is 55.1. The van der Waals surface area contributed by atoms with E-state index >= 15 is 0 Å². The van der Waals surface area contributed by atoms with E-state index in [1.54, 1.807) is 0 Å². The predicted molar refractivity (Wildman–Crippen MR) is 344 cm³/mol. The molecule has 0 spiro atoms. The van der Waals surface area contributed by atoms with Crippen molar-refractivity contribution in [1.29, 1.82) is 0 Å². The van der Waals surface area contributed by atoms with Gasteiger partial charge in [0.25, 0.3) is 0 Å². The maximum absolute atomic E-state index is 11.7. The first-order valence-electron chi connectivity index (χ1n) is 34.1. The van der Waals surface area contributed by atoms with Gasteiger partial charge in [-0.1, -0.05) is 250 Å². The third kappa shape index (κ3) is 66.0. The second-order valence-electron chi connectivity index (χ2n) is 23.7. The van der Waals surface area contributed by atoms with Crippen molar-refractivity contribution < 1.29 is 58.5 Å². The molecule has 0 saturated heterocycles. The Morgan fingerprint density at radius 1 is 0.259 bits per heavy atom. The molecule has 0 aromatic carbocycles. The largest absolute Gasteiger partial charge is 3.00 e. The van der Waals surface area contributed by atoms with Gasteiger partial charge in [0.15, 0.2) is 0 Å². The number of carboxylic acid groups (broad SMARTS) is 3. The van der Waals surface area contributed by atoms with Gasteiger partial charge in [-0.15, -0.1) is 0 Å². The first-order valence-corrected chi connectivity index (χ1v) is 34.1. The third-order valence-electron chi connectivity index (χ3n) is 15.6. The summed E-state index contributed by atoms with van der Waals surface area (Å²) >= 11 is 0. The summed E-state index contributed by atoms with van der Waals surface area (Å²) in [4.78, 5) is 101. The zero-order chi connectivity index (χ0) is 63.1. The SMILES string of the molecule is CCCCCCCCC=CCCCCCCCCC(C(C)=O)C(=O)CC(=O)[O-].CCCCCCCCC=CCCCCCCCCC(C(C)=O)C(=O)CC(=O)[O-].CCCCCCCCC=CCCCCCCCCC(C(C)=O)C(=O)CC(=O)[O-].[Al+3]. The molecular weight excluding hydrogens is 1080 g/mol. The van der Waals surface area contributed by atoms with Gasteiger partial charge in [-0.3, -0.25) is 28.8 Å². The second kappa shape index (κ2) is 67.7. The Morgan fingerprint density at radius 3 is 0.565 bits per heavy atom. The Labute approximate surface area is 529 Å². The molecule has 0 radical (unpaired) electrons. The van der Waals surface area contributed by atoms with Crippen molar-refractivity contribution in [2.45, 2.75) is 350 Å². The van der Waals surface area contributed by atoms with E-state index in [1.807, 2.05) is 0 Å². The molecule has 0 N–H and O–H groups in total. The van der Waals surface area contributed by atoms with Crippen molar-refractivity contribution in [2.24, 2.45) is 17.8 Å². The summed E-state index contributed by atoms with van der Waals surface area (Å²) in [6.45, 7) is 10.8. The van der Waals surface area contributed by atoms with Crippen LogP contribution in [0.25, 0.3) is 0 Å². The van der Waals surface area contributed by atoms with Gasteiger partial charge in [-0.25, -0.2) is 0 Å². The fourth-order valence-electron chi connectivity index (χ4n) is 10.4. The van der Waals surface area contributed by atoms with Crippen LogP contribution in [0.2, 0.25) is 0 Å². The number of aliphatic carboxylic acids is 3. The van der Waals surface area contributed by atoms with Crippen molar-refractivity contribution in [3.05, 3.63) is 36.5 Å². The predicted octanol–water partition coefficient (Wildman–Crippen LogP) is 15.6. The Morgan fingerprint density at radius 2 is 0.412 bits per heavy atom. The maximum atomic E-state index is 11.7. The average Bonchev–Trinajstić information content (AvgIpc) is 3.43. The molecule has 3 atom stereocenters. The van der Waals surface area contributed by atoms with Crippen LogP contribution in [0.5, 0.6) is 0 Å². The molecule has 12 nitrogen and oxygen atoms in total. The van der Waals surface area contributed by atoms with Gasteiger partial charge >= 0.3 is 17.4 Å². The van der Waals surface area contributed by atoms with Gasteiger partial charge in [-0.05, 0) is 117 Å². The van der Waals surface area contributed by atoms with Crippen LogP contribution in [0.3, 0.4) is 0 Å². The number of hydrogen-bond donors (Lipinski definition) is 0. The Hall–Kier alpha value is -3.82. The molecular formula is C72H123AlO12. The van der Waals surface area contributed by atoms with Crippen LogP contribution >= 0.6 is 0 Å². The molecule has 0 fully saturated rings. The first kappa shape index (κ1) is 87.6. The van der Waals surface area contributed by atoms with Crippen LogP contribution in [-0.4, -0.2) is 70.0 Å². The Kier molecular flexibility index (Phi) is 69.8. The molecule has 0 aromatic heterocycles. The number of rotatable bonds is 60. The van der Waals surface area contributed by atoms with E-state index in [0.29, 0.717) is 19.3 Å². The van der Waals surface area contributed by atoms with Crippen molar-refractivity contribution in [3.63, 3.8) is 0 Å². The van der Waals surface area contributed by atoms with Crippen LogP contribution in [-0.2, 0) is 43.2 Å². The summed E-state index contributed by atoms with van der Waals surface area (Å²) in [5.41, 5.74) is 0. The van der Waals surface area contributed by atoms with Gasteiger partial charge in [0.05, 0.1) is 17.8 Å². The quantitative estimate of drug-likeness (QED) is 0.0240. The number of hydrogen-bond acceptors (Lipinski definition) is 12. The van der Waals surface area contributed by atoms with Crippen LogP contribution in [0, 0.1) is 17.8 Å². The fraction of sp³-hybridized carbons (Fsp3) is 0.792. The Balaban J connectivity index is -0.000000576. The van der Waals surface area contributed by atoms with E-state index in [4.69, 9.17) is 0 Å². The number of unbranched alkanes of at least 4 members (excludes halogenated alkanes) is 36. The monoisotopic (exact) mass is 1210 g/mol. The zero-order valence-corrected chi connectivity index (χ0v) is 56.3. The number of carboxylic acids is 3. The summed E-state index contributed by atoms with van der Waals surface area (Å²) < 4.78 is 0. The second-order valence-corrected chi connectivity index (χ2v) is 23.7. The maximum Gasteiger partial charge on any atom is 3.00 e. The van der Waals surface area contributed by atoms with Gasteiger partial charge in [0, 0.05) is 37.2 Å². The Bertz CT molecular complexity index is 1570. The summed E-state index contributed by atoms with van der Waals surface area (Å²) in [5, 5.41) is 31.5. The molecule has 13 heteroatoms. The van der Waals surface area contributed by atoms with E-state index in [9.17, 15) is 58.5 Å². The van der Waals surface area contributed by atoms with Crippen LogP contribution in [0.1, 0.15) is 350 Å². The standard InChI is InChI=1S/3C24H42O4.Al/c3*1-3-4-5-6-7-8-9-10-11-12-13-14-15-16-17-18-19-22(21(2)25)23(26)20-24(27)28;/h3*10-11,22H,3-9,12-20H2,1-2H3,(H,27,28);/q;;;+3/p-3. The molecule has 0 bridgehead atoms. The molecule has 3 unspecified atom stereocenters. The number of allylic oxidation sites excluding steroid dienone is 6. The molecule has 0 heterocycles. The fourth-order valence-corrected chi connectivity index (χ4v) is 10.4. The molecule has 0 aromatic rings. The minimum Gasteiger partial charge on any atom is -0.550 e. The molecule has 85 heavy (non-hydrogen) atoms. The molecule has 0 aliphatic rings. The average molecular weight is 1210 g/mol. The summed E-state index contributed by atoms with van der Waals surface area (Å²) in [6, 6.07) is 0. The summed E-state index contributed by atoms with van der Waals surface area (Å²) in [5.74, 6) is -8.77. The number of Topliss-reactive ketones (excluding diaryl/α,β-unsaturated/α-hetero) is 6. The first-order chi connectivity index (χ1) is 40.5. The number of ketones is 6. The summed E-state index contributed by atoms with van der Waals surface area (Å²) in [6.07, 6.45) is 64.1. The van der Waals surface area contributed by atoms with Gasteiger partial charge < -0.3 is 29.7 Å². The van der Waals surface area contributed by atoms with Gasteiger partial charge in [0.2, 0.25) is 0 Å². The van der Waals surface area contributed by atoms with Crippen molar-refractivity contribution >= 4 is 70.0 Å². The van der Waals surface area contributed by atoms with E-state index < -0.39 is 72.3 Å². The van der Waals surface area contributed by atoms with Crippen LogP contribution in [0.15, 0.2) is 36.5 Å². The van der Waals surface area contributed by atoms with Gasteiger partial charge in [0.1, 0.15) is 34.7 Å².